The zero-order chi connectivity index (χ0) is 24.4. The van der Waals surface area contributed by atoms with Gasteiger partial charge in [0.1, 0.15) is 5.75 Å². The number of carbonyl (C=O) groups excluding carboxylic acids is 2. The van der Waals surface area contributed by atoms with E-state index in [1.807, 2.05) is 13.8 Å². The summed E-state index contributed by atoms with van der Waals surface area (Å²) in [4.78, 5) is 24.6. The van der Waals surface area contributed by atoms with Gasteiger partial charge in [0, 0.05) is 12.2 Å². The number of sulfonamides is 1. The lowest BCUT2D eigenvalue weighted by atomic mass is 10.2. The first-order valence-corrected chi connectivity index (χ1v) is 12.5. The summed E-state index contributed by atoms with van der Waals surface area (Å²) in [5.41, 5.74) is 1.54. The van der Waals surface area contributed by atoms with Gasteiger partial charge in [-0.25, -0.2) is 13.2 Å². The number of aryl methyl sites for hydroxylation is 1. The van der Waals surface area contributed by atoms with Crippen molar-refractivity contribution >= 4 is 27.6 Å². The molecule has 0 aliphatic heterocycles. The van der Waals surface area contributed by atoms with Gasteiger partial charge in [0.25, 0.3) is 0 Å². The average molecular weight is 477 g/mol. The number of hydrogen-bond donors (Lipinski definition) is 1. The predicted octanol–water partition coefficient (Wildman–Crippen LogP) is 4.00. The molecule has 0 heterocycles. The topological polar surface area (TPSA) is 102 Å². The number of ether oxygens (including phenoxy) is 2. The molecule has 1 amide bonds. The van der Waals surface area contributed by atoms with Crippen molar-refractivity contribution in [3.8, 4) is 5.75 Å². The maximum atomic E-state index is 13.1. The van der Waals surface area contributed by atoms with Gasteiger partial charge >= 0.3 is 5.97 Å². The second-order valence-electron chi connectivity index (χ2n) is 7.41. The molecule has 0 bridgehead atoms. The van der Waals surface area contributed by atoms with E-state index in [4.69, 9.17) is 9.47 Å². The molecule has 33 heavy (non-hydrogen) atoms. The molecule has 0 spiro atoms. The van der Waals surface area contributed by atoms with E-state index in [1.165, 1.54) is 6.07 Å². The van der Waals surface area contributed by atoms with Gasteiger partial charge in [0.05, 0.1) is 30.2 Å². The van der Waals surface area contributed by atoms with Gasteiger partial charge in [0.2, 0.25) is 15.9 Å². The first-order chi connectivity index (χ1) is 15.7. The molecule has 0 atom stereocenters. The number of amides is 1. The third-order valence-corrected chi connectivity index (χ3v) is 6.81. The lowest BCUT2D eigenvalue weighted by Gasteiger charge is -2.21. The minimum Gasteiger partial charge on any atom is -0.494 e. The summed E-state index contributed by atoms with van der Waals surface area (Å²) >= 11 is 0. The van der Waals surface area contributed by atoms with Crippen molar-refractivity contribution in [2.24, 2.45) is 0 Å². The Morgan fingerprint density at radius 2 is 1.73 bits per heavy atom. The number of unbranched alkanes of at least 4 members (excludes halogenated alkanes) is 1. The van der Waals surface area contributed by atoms with E-state index >= 15 is 0 Å². The van der Waals surface area contributed by atoms with E-state index in [2.05, 4.69) is 5.32 Å². The molecule has 0 radical (unpaired) electrons. The fourth-order valence-corrected chi connectivity index (χ4v) is 4.55. The molecule has 2 aromatic rings. The van der Waals surface area contributed by atoms with Gasteiger partial charge < -0.3 is 14.8 Å². The number of carbonyl (C=O) groups is 2. The smallest absolute Gasteiger partial charge is 0.338 e. The van der Waals surface area contributed by atoms with Gasteiger partial charge in [-0.05, 0) is 68.3 Å². The highest BCUT2D eigenvalue weighted by Crippen LogP contribution is 2.24. The Kier molecular flexibility index (Phi) is 9.87. The minimum absolute atomic E-state index is 0.101. The van der Waals surface area contributed by atoms with Gasteiger partial charge in [-0.15, -0.1) is 0 Å². The summed E-state index contributed by atoms with van der Waals surface area (Å²) in [6, 6.07) is 10.9. The van der Waals surface area contributed by atoms with Crippen molar-refractivity contribution in [1.29, 1.82) is 0 Å². The Morgan fingerprint density at radius 3 is 2.30 bits per heavy atom. The first kappa shape index (κ1) is 26.3. The van der Waals surface area contributed by atoms with Gasteiger partial charge in [-0.1, -0.05) is 20.3 Å². The van der Waals surface area contributed by atoms with Gasteiger partial charge in [-0.3, -0.25) is 4.79 Å². The molecule has 0 aromatic heterocycles. The molecule has 0 aliphatic carbocycles. The fraction of sp³-hybridized carbons (Fsp3) is 0.417. The Morgan fingerprint density at radius 1 is 1.03 bits per heavy atom. The Bertz CT molecular complexity index is 1050. The minimum atomic E-state index is -3.87. The van der Waals surface area contributed by atoms with Crippen molar-refractivity contribution in [2.45, 2.75) is 45.4 Å². The lowest BCUT2D eigenvalue weighted by molar-refractivity contribution is -0.116. The predicted molar refractivity (Wildman–Crippen MR) is 127 cm³/mol. The zero-order valence-corrected chi connectivity index (χ0v) is 20.4. The monoisotopic (exact) mass is 476 g/mol. The molecule has 0 saturated heterocycles. The van der Waals surface area contributed by atoms with E-state index < -0.39 is 21.9 Å². The lowest BCUT2D eigenvalue weighted by Crippen LogP contribution is -2.37. The summed E-state index contributed by atoms with van der Waals surface area (Å²) < 4.78 is 37.8. The van der Waals surface area contributed by atoms with Crippen molar-refractivity contribution in [2.75, 3.05) is 31.6 Å². The molecule has 0 saturated carbocycles. The van der Waals surface area contributed by atoms with Crippen LogP contribution in [0.15, 0.2) is 47.4 Å². The van der Waals surface area contributed by atoms with Crippen LogP contribution in [0.25, 0.3) is 0 Å². The molecule has 0 aliphatic rings. The first-order valence-electron chi connectivity index (χ1n) is 11.0. The number of anilines is 1. The molecule has 2 rings (SSSR count). The molecule has 0 fully saturated rings. The molecule has 1 N–H and O–H groups in total. The SMILES string of the molecule is CCCCOC(=O)c1ccc(NC(=O)CN(CC)S(=O)(=O)c2ccc(OCC)c(C)c2)cc1. The van der Waals surface area contributed by atoms with Crippen LogP contribution < -0.4 is 10.1 Å². The number of rotatable bonds is 12. The third kappa shape index (κ3) is 7.30. The molecule has 180 valence electrons. The number of benzene rings is 2. The quantitative estimate of drug-likeness (QED) is 0.367. The Balaban J connectivity index is 2.04. The summed E-state index contributed by atoms with van der Waals surface area (Å²) in [5.74, 6) is -0.286. The number of likely N-dealkylation sites (N-methyl/N-ethyl adjacent to an activating group) is 1. The van der Waals surface area contributed by atoms with Crippen LogP contribution in [0, 0.1) is 6.92 Å². The number of esters is 1. The normalized spacial score (nSPS) is 11.3. The standard InChI is InChI=1S/C24H32N2O6S/c1-5-8-15-32-24(28)19-9-11-20(12-10-19)25-23(27)17-26(6-2)33(29,30)21-13-14-22(31-7-3)18(4)16-21/h9-14,16H,5-8,15,17H2,1-4H3,(H,25,27). The van der Waals surface area contributed by atoms with Gasteiger partial charge in [0.15, 0.2) is 0 Å². The second kappa shape index (κ2) is 12.4. The van der Waals surface area contributed by atoms with Crippen molar-refractivity contribution in [3.05, 3.63) is 53.6 Å². The van der Waals surface area contributed by atoms with E-state index in [0.29, 0.717) is 35.8 Å². The summed E-state index contributed by atoms with van der Waals surface area (Å²) in [6.45, 7) is 7.94. The van der Waals surface area contributed by atoms with Crippen LogP contribution in [0.5, 0.6) is 5.75 Å². The zero-order valence-electron chi connectivity index (χ0n) is 19.6. The second-order valence-corrected chi connectivity index (χ2v) is 9.34. The van der Waals surface area contributed by atoms with E-state index in [9.17, 15) is 18.0 Å². The van der Waals surface area contributed by atoms with Crippen LogP contribution in [0.1, 0.15) is 49.5 Å². The Labute approximate surface area is 195 Å². The molecule has 8 nitrogen and oxygen atoms in total. The van der Waals surface area contributed by atoms with E-state index in [-0.39, 0.29) is 18.0 Å². The average Bonchev–Trinajstić information content (AvgIpc) is 2.79. The van der Waals surface area contributed by atoms with Crippen LogP contribution in [-0.2, 0) is 19.6 Å². The van der Waals surface area contributed by atoms with Crippen LogP contribution in [0.2, 0.25) is 0 Å². The van der Waals surface area contributed by atoms with E-state index in [1.54, 1.807) is 50.2 Å². The number of nitrogens with one attached hydrogen (secondary N) is 1. The maximum Gasteiger partial charge on any atom is 0.338 e. The van der Waals surface area contributed by atoms with Crippen LogP contribution in [-0.4, -0.2) is 50.9 Å². The van der Waals surface area contributed by atoms with Crippen LogP contribution in [0.4, 0.5) is 5.69 Å². The molecule has 0 unspecified atom stereocenters. The van der Waals surface area contributed by atoms with Crippen molar-refractivity contribution in [3.63, 3.8) is 0 Å². The summed E-state index contributed by atoms with van der Waals surface area (Å²) in [6.07, 6.45) is 1.73. The third-order valence-electron chi connectivity index (χ3n) is 4.89. The highest BCUT2D eigenvalue weighted by atomic mass is 32.2. The molecule has 2 aromatic carbocycles. The van der Waals surface area contributed by atoms with Crippen molar-refractivity contribution in [1.82, 2.24) is 4.31 Å². The summed E-state index contributed by atoms with van der Waals surface area (Å²) in [5, 5.41) is 2.67. The Hall–Kier alpha value is -2.91. The van der Waals surface area contributed by atoms with Gasteiger partial charge in [-0.2, -0.15) is 4.31 Å². The van der Waals surface area contributed by atoms with E-state index in [0.717, 1.165) is 17.1 Å². The molecular formula is C24H32N2O6S. The highest BCUT2D eigenvalue weighted by molar-refractivity contribution is 7.89. The maximum absolute atomic E-state index is 13.1. The molecule has 9 heteroatoms. The van der Waals surface area contributed by atoms with Crippen molar-refractivity contribution < 1.29 is 27.5 Å². The fourth-order valence-electron chi connectivity index (χ4n) is 3.06. The summed E-state index contributed by atoms with van der Waals surface area (Å²) in [7, 11) is -3.87. The number of nitrogens with zero attached hydrogens (tertiary/aromatic N) is 1. The van der Waals surface area contributed by atoms with Crippen LogP contribution in [0.3, 0.4) is 0 Å². The van der Waals surface area contributed by atoms with Crippen LogP contribution >= 0.6 is 0 Å². The highest BCUT2D eigenvalue weighted by Gasteiger charge is 2.26. The number of hydrogen-bond acceptors (Lipinski definition) is 6. The largest absolute Gasteiger partial charge is 0.494 e. The molecular weight excluding hydrogens is 444 g/mol.